The number of amides is 2. The summed E-state index contributed by atoms with van der Waals surface area (Å²) in [7, 11) is 1.60. The number of nitrogens with zero attached hydrogens (tertiary/aromatic N) is 5. The van der Waals surface area contributed by atoms with Crippen molar-refractivity contribution in [3.8, 4) is 11.3 Å². The van der Waals surface area contributed by atoms with Gasteiger partial charge in [-0.3, -0.25) is 29.4 Å². The lowest BCUT2D eigenvalue weighted by Gasteiger charge is -2.47. The number of esters is 1. The molecule has 4 aliphatic rings. The summed E-state index contributed by atoms with van der Waals surface area (Å²) in [6.07, 6.45) is 1.72. The highest BCUT2D eigenvalue weighted by molar-refractivity contribution is 6.00. The van der Waals surface area contributed by atoms with E-state index in [2.05, 4.69) is 32.8 Å². The van der Waals surface area contributed by atoms with Gasteiger partial charge in [-0.05, 0) is 138 Å². The number of carbonyl (C=O) groups is 4. The van der Waals surface area contributed by atoms with Gasteiger partial charge in [-0.15, -0.1) is 5.10 Å². The van der Waals surface area contributed by atoms with Crippen LogP contribution in [0.4, 0.5) is 15.3 Å². The monoisotopic (exact) mass is 954 g/mol. The van der Waals surface area contributed by atoms with Gasteiger partial charge in [0.05, 0.1) is 30.0 Å². The van der Waals surface area contributed by atoms with Gasteiger partial charge < -0.3 is 38.8 Å². The van der Waals surface area contributed by atoms with Gasteiger partial charge in [-0.1, -0.05) is 38.1 Å². The molecule has 2 amide bonds. The van der Waals surface area contributed by atoms with Crippen LogP contribution in [0.3, 0.4) is 0 Å². The lowest BCUT2D eigenvalue weighted by molar-refractivity contribution is -0.296. The van der Waals surface area contributed by atoms with Crippen LogP contribution in [-0.4, -0.2) is 153 Å². The third kappa shape index (κ3) is 12.4. The Balaban J connectivity index is 1.17. The first-order valence-corrected chi connectivity index (χ1v) is 24.8. The highest BCUT2D eigenvalue weighted by atomic mass is 16.7. The number of aromatic nitrogens is 3. The third-order valence-corrected chi connectivity index (χ3v) is 14.4. The van der Waals surface area contributed by atoms with Gasteiger partial charge >= 0.3 is 18.2 Å². The molecule has 18 heteroatoms. The number of anilines is 1. The molecule has 5 heterocycles. The van der Waals surface area contributed by atoms with E-state index >= 15 is 0 Å². The number of hydrogen-bond donors (Lipinski definition) is 3. The molecule has 2 aromatic rings. The minimum absolute atomic E-state index is 0.0271. The number of nitrogens with one attached hydrogen (secondary N) is 2. The van der Waals surface area contributed by atoms with Crippen LogP contribution in [0.2, 0.25) is 0 Å². The molecule has 1 aromatic carbocycles. The molecule has 0 aliphatic carbocycles. The number of carbonyl (C=O) groups excluding carboxylic acids is 4. The standard InChI is InChI=1S/C50H79N7O11/c1-13-39-50(11)42(57(47(62)68-50)24-17-16-23-56-29-37(53-54-56)35-19-18-20-36(26-35)52-46(61)67-48(7,8)9)34(6)51-28-30(2)27-49(10,63-12)43(32(4)40(58)33(5)44(60)65-39)66-45-41(59)38(25-31(3)64-45)55-21-14-15-22-55/h18-20,26,29-34,38-39,41-43,45,51,59H,13-17,21-25,27-28H2,1-12H3,(H,52,61)/t30-,31?,32+,33-,34-,38?,39-,41?,42-,43-,45+,49-,50-/m1/s1. The zero-order chi connectivity index (χ0) is 49.7. The number of benzene rings is 1. The number of hydrogen-bond acceptors (Lipinski definition) is 15. The zero-order valence-corrected chi connectivity index (χ0v) is 42.5. The molecule has 380 valence electrons. The second-order valence-corrected chi connectivity index (χ2v) is 21.1. The van der Waals surface area contributed by atoms with Crippen molar-refractivity contribution in [2.24, 2.45) is 17.8 Å². The topological polar surface area (TPSA) is 205 Å². The van der Waals surface area contributed by atoms with E-state index in [9.17, 15) is 24.3 Å². The molecule has 1 aromatic heterocycles. The fourth-order valence-corrected chi connectivity index (χ4v) is 10.9. The highest BCUT2D eigenvalue weighted by Gasteiger charge is 2.59. The van der Waals surface area contributed by atoms with Gasteiger partial charge in [0.1, 0.15) is 29.4 Å². The Hall–Kier alpha value is -4.20. The van der Waals surface area contributed by atoms with E-state index in [1.54, 1.807) is 57.4 Å². The molecule has 3 unspecified atom stereocenters. The third-order valence-electron chi connectivity index (χ3n) is 14.4. The molecule has 0 spiro atoms. The summed E-state index contributed by atoms with van der Waals surface area (Å²) in [5.74, 6) is -3.20. The second kappa shape index (κ2) is 22.3. The Morgan fingerprint density at radius 1 is 1.04 bits per heavy atom. The number of cyclic esters (lactones) is 1. The van der Waals surface area contributed by atoms with Crippen LogP contribution in [0.1, 0.15) is 121 Å². The number of Topliss-reactive ketones (excluding diaryl/α,β-unsaturated/α-hetero) is 1. The summed E-state index contributed by atoms with van der Waals surface area (Å²) in [4.78, 5) is 59.1. The van der Waals surface area contributed by atoms with Crippen molar-refractivity contribution in [1.29, 1.82) is 0 Å². The Morgan fingerprint density at radius 3 is 2.43 bits per heavy atom. The molecule has 18 nitrogen and oxygen atoms in total. The lowest BCUT2D eigenvalue weighted by atomic mass is 9.78. The van der Waals surface area contributed by atoms with Crippen LogP contribution in [0.25, 0.3) is 11.3 Å². The van der Waals surface area contributed by atoms with Crippen molar-refractivity contribution in [3.05, 3.63) is 30.5 Å². The summed E-state index contributed by atoms with van der Waals surface area (Å²) in [5, 5.41) is 26.9. The molecule has 0 saturated carbocycles. The van der Waals surface area contributed by atoms with E-state index in [0.29, 0.717) is 63.1 Å². The van der Waals surface area contributed by atoms with Gasteiger partial charge in [0.2, 0.25) is 0 Å². The summed E-state index contributed by atoms with van der Waals surface area (Å²) >= 11 is 0. The van der Waals surface area contributed by atoms with Crippen LogP contribution in [0.5, 0.6) is 0 Å². The highest BCUT2D eigenvalue weighted by Crippen LogP contribution is 2.40. The van der Waals surface area contributed by atoms with Gasteiger partial charge in [-0.2, -0.15) is 0 Å². The number of unbranched alkanes of at least 4 members (excludes halogenated alkanes) is 1. The number of fused-ring (bicyclic) bond motifs is 1. The molecule has 4 saturated heterocycles. The summed E-state index contributed by atoms with van der Waals surface area (Å²) < 4.78 is 39.0. The first-order chi connectivity index (χ1) is 32.1. The molecular formula is C50H79N7O11. The van der Waals surface area contributed by atoms with E-state index in [0.717, 1.165) is 31.5 Å². The van der Waals surface area contributed by atoms with Gasteiger partial charge in [0.25, 0.3) is 0 Å². The molecule has 4 aliphatic heterocycles. The van der Waals surface area contributed by atoms with E-state index in [-0.39, 0.29) is 24.1 Å². The Labute approximate surface area is 402 Å². The normalized spacial score (nSPS) is 34.7. The van der Waals surface area contributed by atoms with Crippen molar-refractivity contribution >= 4 is 29.6 Å². The maximum absolute atomic E-state index is 14.5. The van der Waals surface area contributed by atoms with Crippen LogP contribution >= 0.6 is 0 Å². The van der Waals surface area contributed by atoms with Crippen molar-refractivity contribution in [2.75, 3.05) is 38.6 Å². The smallest absolute Gasteiger partial charge is 0.412 e. The summed E-state index contributed by atoms with van der Waals surface area (Å²) in [6.45, 7) is 23.6. The van der Waals surface area contributed by atoms with E-state index in [4.69, 9.17) is 28.4 Å². The van der Waals surface area contributed by atoms with Crippen molar-refractivity contribution in [2.45, 2.75) is 193 Å². The maximum Gasteiger partial charge on any atom is 0.412 e. The largest absolute Gasteiger partial charge is 0.458 e. The molecule has 0 radical (unpaired) electrons. The summed E-state index contributed by atoms with van der Waals surface area (Å²) in [5.41, 5.74) is -0.961. The molecular weight excluding hydrogens is 875 g/mol. The quantitative estimate of drug-likeness (QED) is 0.0890. The van der Waals surface area contributed by atoms with Crippen molar-refractivity contribution in [1.82, 2.24) is 30.1 Å². The fourth-order valence-electron chi connectivity index (χ4n) is 10.9. The maximum atomic E-state index is 14.5. The first-order valence-electron chi connectivity index (χ1n) is 24.8. The molecule has 13 atom stereocenters. The average Bonchev–Trinajstić information content (AvgIpc) is 4.05. The van der Waals surface area contributed by atoms with Crippen LogP contribution in [0.15, 0.2) is 30.5 Å². The molecule has 6 rings (SSSR count). The van der Waals surface area contributed by atoms with Crippen molar-refractivity contribution in [3.63, 3.8) is 0 Å². The van der Waals surface area contributed by atoms with Crippen LogP contribution < -0.4 is 10.6 Å². The Morgan fingerprint density at radius 2 is 1.75 bits per heavy atom. The first kappa shape index (κ1) is 53.2. The fraction of sp³-hybridized carbons (Fsp3) is 0.760. The minimum Gasteiger partial charge on any atom is -0.458 e. The zero-order valence-electron chi connectivity index (χ0n) is 42.5. The average molecular weight is 954 g/mol. The molecule has 68 heavy (non-hydrogen) atoms. The number of methoxy groups -OCH3 is 1. The van der Waals surface area contributed by atoms with Crippen LogP contribution in [-0.2, 0) is 44.6 Å². The van der Waals surface area contributed by atoms with E-state index in [1.165, 1.54) is 0 Å². The predicted molar refractivity (Wildman–Crippen MR) is 255 cm³/mol. The van der Waals surface area contributed by atoms with Gasteiger partial charge in [0, 0.05) is 49.5 Å². The number of aryl methyl sites for hydroxylation is 1. The SMILES string of the molecule is CC[C@H]1OC(=O)[C@H](C)C(=O)[C@H](C)[C@@H](O[C@@H]2OC(C)CC(N3CCCC3)C2O)[C@](C)(OC)C[C@@H](C)CN[C@H](C)[C@H]2N(CCCCn3cc(-c4cccc(NC(=O)OC(C)(C)C)c4)nn3)C(=O)O[C@]12C. The van der Waals surface area contributed by atoms with E-state index < -0.39 is 83.2 Å². The minimum atomic E-state index is -1.26. The number of rotatable bonds is 12. The Kier molecular flexibility index (Phi) is 17.4. The number of likely N-dealkylation sites (tertiary alicyclic amines) is 1. The number of ketones is 1. The second-order valence-electron chi connectivity index (χ2n) is 21.1. The Bertz CT molecular complexity index is 2040. The number of aliphatic hydroxyl groups is 1. The summed E-state index contributed by atoms with van der Waals surface area (Å²) in [6, 6.07) is 6.28. The van der Waals surface area contributed by atoms with Gasteiger partial charge in [0.15, 0.2) is 17.7 Å². The predicted octanol–water partition coefficient (Wildman–Crippen LogP) is 6.58. The van der Waals surface area contributed by atoms with E-state index in [1.807, 2.05) is 59.0 Å². The molecule has 0 bridgehead atoms. The van der Waals surface area contributed by atoms with Gasteiger partial charge in [-0.25, -0.2) is 9.59 Å². The lowest BCUT2D eigenvalue weighted by Crippen LogP contribution is -2.61. The van der Waals surface area contributed by atoms with Crippen LogP contribution in [0, 0.1) is 17.8 Å². The number of aliphatic hydroxyl groups excluding tert-OH is 1. The molecule has 4 fully saturated rings. The van der Waals surface area contributed by atoms with Crippen molar-refractivity contribution < 1.29 is 52.7 Å². The number of ether oxygens (including phenoxy) is 6. The molecule has 3 N–H and O–H groups in total.